The molecule has 0 atom stereocenters. The van der Waals surface area contributed by atoms with Crippen molar-refractivity contribution >= 4 is 0 Å². The first-order chi connectivity index (χ1) is 6.86. The molecule has 2 heteroatoms. The lowest BCUT2D eigenvalue weighted by Crippen LogP contribution is -2.14. The average Bonchev–Trinajstić information content (AvgIpc) is 2.12. The molecular formula is C12H17NO. The predicted molar refractivity (Wildman–Crippen MR) is 56.4 cm³/mol. The zero-order valence-corrected chi connectivity index (χ0v) is 8.70. The van der Waals surface area contributed by atoms with Gasteiger partial charge in [-0.1, -0.05) is 25.3 Å². The lowest BCUT2D eigenvalue weighted by atomic mass is 9.83. The third-order valence-corrected chi connectivity index (χ3v) is 2.95. The molecule has 1 aliphatic carbocycles. The van der Waals surface area contributed by atoms with E-state index in [4.69, 9.17) is 4.74 Å². The molecule has 1 heterocycles. The van der Waals surface area contributed by atoms with Gasteiger partial charge in [0, 0.05) is 11.8 Å². The molecule has 0 aromatic carbocycles. The summed E-state index contributed by atoms with van der Waals surface area (Å²) in [5, 5.41) is 0. The number of aryl methyl sites for hydroxylation is 1. The van der Waals surface area contributed by atoms with Crippen molar-refractivity contribution < 1.29 is 4.74 Å². The number of pyridine rings is 1. The van der Waals surface area contributed by atoms with Crippen molar-refractivity contribution in [3.63, 3.8) is 0 Å². The maximum absolute atomic E-state index is 5.63. The fourth-order valence-electron chi connectivity index (χ4n) is 1.73. The lowest BCUT2D eigenvalue weighted by Gasteiger charge is -2.24. The molecule has 0 unspecified atom stereocenters. The Morgan fingerprint density at radius 3 is 3.00 bits per heavy atom. The highest BCUT2D eigenvalue weighted by molar-refractivity contribution is 5.23. The van der Waals surface area contributed by atoms with Crippen LogP contribution in [0.15, 0.2) is 18.3 Å². The Labute approximate surface area is 85.3 Å². The van der Waals surface area contributed by atoms with E-state index < -0.39 is 0 Å². The van der Waals surface area contributed by atoms with E-state index in [1.165, 1.54) is 25.7 Å². The van der Waals surface area contributed by atoms with Gasteiger partial charge in [-0.25, -0.2) is 4.98 Å². The smallest absolute Gasteiger partial charge is 0.216 e. The van der Waals surface area contributed by atoms with Gasteiger partial charge < -0.3 is 4.74 Å². The van der Waals surface area contributed by atoms with Gasteiger partial charge >= 0.3 is 0 Å². The molecule has 0 amide bonds. The molecule has 0 N–H and O–H groups in total. The summed E-state index contributed by atoms with van der Waals surface area (Å²) >= 11 is 0. The van der Waals surface area contributed by atoms with Crippen molar-refractivity contribution in [2.24, 2.45) is 5.92 Å². The van der Waals surface area contributed by atoms with Crippen LogP contribution < -0.4 is 4.74 Å². The molecular weight excluding hydrogens is 174 g/mol. The summed E-state index contributed by atoms with van der Waals surface area (Å²) in [6, 6.07) is 3.97. The summed E-state index contributed by atoms with van der Waals surface area (Å²) in [6.45, 7) is 2.86. The number of aromatic nitrogens is 1. The van der Waals surface area contributed by atoms with Crippen LogP contribution in [0.5, 0.6) is 5.88 Å². The number of hydrogen-bond donors (Lipinski definition) is 0. The van der Waals surface area contributed by atoms with E-state index in [1.807, 2.05) is 19.1 Å². The molecule has 1 fully saturated rings. The summed E-state index contributed by atoms with van der Waals surface area (Å²) in [7, 11) is 0. The molecule has 1 aliphatic rings. The first-order valence-corrected chi connectivity index (χ1v) is 5.40. The Bertz CT molecular complexity index is 294. The van der Waals surface area contributed by atoms with E-state index in [2.05, 4.69) is 4.98 Å². The van der Waals surface area contributed by atoms with Gasteiger partial charge in [0.2, 0.25) is 5.88 Å². The number of ether oxygens (including phenoxy) is 1. The van der Waals surface area contributed by atoms with Crippen molar-refractivity contribution in [1.29, 1.82) is 0 Å². The van der Waals surface area contributed by atoms with Crippen LogP contribution in [-0.4, -0.2) is 11.6 Å². The van der Waals surface area contributed by atoms with Crippen molar-refractivity contribution in [3.05, 3.63) is 23.9 Å². The van der Waals surface area contributed by atoms with E-state index in [0.717, 1.165) is 24.0 Å². The zero-order valence-electron chi connectivity index (χ0n) is 8.70. The first kappa shape index (κ1) is 9.50. The van der Waals surface area contributed by atoms with E-state index in [9.17, 15) is 0 Å². The predicted octanol–water partition coefficient (Wildman–Crippen LogP) is 2.96. The van der Waals surface area contributed by atoms with Gasteiger partial charge in [0.15, 0.2) is 0 Å². The van der Waals surface area contributed by atoms with Gasteiger partial charge in [-0.05, 0) is 25.3 Å². The Morgan fingerprint density at radius 2 is 2.36 bits per heavy atom. The molecule has 76 valence electrons. The third kappa shape index (κ3) is 2.25. The third-order valence-electron chi connectivity index (χ3n) is 2.95. The van der Waals surface area contributed by atoms with Crippen LogP contribution in [0.2, 0.25) is 0 Å². The van der Waals surface area contributed by atoms with E-state index in [1.54, 1.807) is 6.20 Å². The Hall–Kier alpha value is -1.05. The minimum absolute atomic E-state index is 0.798. The SMILES string of the molecule is Cc1cccnc1OCCC1CCC1. The maximum Gasteiger partial charge on any atom is 0.216 e. The fourth-order valence-corrected chi connectivity index (χ4v) is 1.73. The quantitative estimate of drug-likeness (QED) is 0.730. The Kier molecular flexibility index (Phi) is 3.02. The second-order valence-electron chi connectivity index (χ2n) is 4.06. The highest BCUT2D eigenvalue weighted by Crippen LogP contribution is 2.29. The number of rotatable bonds is 4. The fraction of sp³-hybridized carbons (Fsp3) is 0.583. The Morgan fingerprint density at radius 1 is 1.50 bits per heavy atom. The van der Waals surface area contributed by atoms with Gasteiger partial charge in [-0.15, -0.1) is 0 Å². The molecule has 2 rings (SSSR count). The maximum atomic E-state index is 5.63. The van der Waals surface area contributed by atoms with Crippen molar-refractivity contribution in [2.75, 3.05) is 6.61 Å². The molecule has 0 radical (unpaired) electrons. The van der Waals surface area contributed by atoms with Crippen molar-refractivity contribution in [1.82, 2.24) is 4.98 Å². The Balaban J connectivity index is 1.76. The average molecular weight is 191 g/mol. The molecule has 1 saturated carbocycles. The summed E-state index contributed by atoms with van der Waals surface area (Å²) in [6.07, 6.45) is 7.17. The largest absolute Gasteiger partial charge is 0.477 e. The van der Waals surface area contributed by atoms with Gasteiger partial charge in [0.25, 0.3) is 0 Å². The molecule has 2 nitrogen and oxygen atoms in total. The zero-order chi connectivity index (χ0) is 9.80. The van der Waals surface area contributed by atoms with Crippen molar-refractivity contribution in [3.8, 4) is 5.88 Å². The lowest BCUT2D eigenvalue weighted by molar-refractivity contribution is 0.216. The van der Waals surface area contributed by atoms with E-state index >= 15 is 0 Å². The molecule has 0 aliphatic heterocycles. The van der Waals surface area contributed by atoms with Gasteiger partial charge in [0.05, 0.1) is 6.61 Å². The second kappa shape index (κ2) is 4.45. The van der Waals surface area contributed by atoms with Crippen LogP contribution in [0, 0.1) is 12.8 Å². The van der Waals surface area contributed by atoms with E-state index in [-0.39, 0.29) is 0 Å². The second-order valence-corrected chi connectivity index (χ2v) is 4.06. The number of nitrogens with zero attached hydrogens (tertiary/aromatic N) is 1. The monoisotopic (exact) mass is 191 g/mol. The number of hydrogen-bond acceptors (Lipinski definition) is 2. The summed E-state index contributed by atoms with van der Waals surface area (Å²) in [5.74, 6) is 1.71. The standard InChI is InChI=1S/C12H17NO/c1-10-4-3-8-13-12(10)14-9-7-11-5-2-6-11/h3-4,8,11H,2,5-7,9H2,1H3. The molecule has 1 aromatic rings. The molecule has 0 bridgehead atoms. The minimum Gasteiger partial charge on any atom is -0.477 e. The minimum atomic E-state index is 0.798. The van der Waals surface area contributed by atoms with Gasteiger partial charge in [0.1, 0.15) is 0 Å². The topological polar surface area (TPSA) is 22.1 Å². The normalized spacial score (nSPS) is 16.4. The first-order valence-electron chi connectivity index (χ1n) is 5.40. The highest BCUT2D eigenvalue weighted by atomic mass is 16.5. The van der Waals surface area contributed by atoms with Crippen LogP contribution in [0.25, 0.3) is 0 Å². The van der Waals surface area contributed by atoms with Crippen LogP contribution in [0.3, 0.4) is 0 Å². The highest BCUT2D eigenvalue weighted by Gasteiger charge is 2.16. The molecule has 0 spiro atoms. The summed E-state index contributed by atoms with van der Waals surface area (Å²) in [5.41, 5.74) is 1.13. The molecule has 14 heavy (non-hydrogen) atoms. The molecule has 1 aromatic heterocycles. The van der Waals surface area contributed by atoms with Crippen LogP contribution >= 0.6 is 0 Å². The van der Waals surface area contributed by atoms with Crippen LogP contribution in [0.1, 0.15) is 31.2 Å². The van der Waals surface area contributed by atoms with Crippen LogP contribution in [0.4, 0.5) is 0 Å². The summed E-state index contributed by atoms with van der Waals surface area (Å²) in [4.78, 5) is 4.20. The van der Waals surface area contributed by atoms with Crippen LogP contribution in [-0.2, 0) is 0 Å². The van der Waals surface area contributed by atoms with E-state index in [0.29, 0.717) is 0 Å². The van der Waals surface area contributed by atoms with Crippen molar-refractivity contribution in [2.45, 2.75) is 32.6 Å². The molecule has 0 saturated heterocycles. The van der Waals surface area contributed by atoms with Gasteiger partial charge in [-0.2, -0.15) is 0 Å². The van der Waals surface area contributed by atoms with Gasteiger partial charge in [-0.3, -0.25) is 0 Å². The summed E-state index contributed by atoms with van der Waals surface area (Å²) < 4.78 is 5.63.